The summed E-state index contributed by atoms with van der Waals surface area (Å²) in [6, 6.07) is 8.52. The predicted octanol–water partition coefficient (Wildman–Crippen LogP) is 3.11. The molecule has 1 N–H and O–H groups in total. The van der Waals surface area contributed by atoms with Gasteiger partial charge >= 0.3 is 0 Å². The summed E-state index contributed by atoms with van der Waals surface area (Å²) in [5.41, 5.74) is 2.52. The number of amides is 1. The Morgan fingerprint density at radius 1 is 1.25 bits per heavy atom. The molecule has 0 saturated carbocycles. The average Bonchev–Trinajstić information content (AvgIpc) is 2.72. The molecule has 1 aliphatic heterocycles. The Kier molecular flexibility index (Phi) is 4.81. The lowest BCUT2D eigenvalue weighted by Gasteiger charge is -2.25. The van der Waals surface area contributed by atoms with Crippen LogP contribution in [0.3, 0.4) is 0 Å². The van der Waals surface area contributed by atoms with E-state index >= 15 is 0 Å². The first-order chi connectivity index (χ1) is 9.52. The van der Waals surface area contributed by atoms with Crippen LogP contribution in [-0.2, 0) is 11.2 Å². The fourth-order valence-corrected chi connectivity index (χ4v) is 2.62. The van der Waals surface area contributed by atoms with Crippen LogP contribution in [0.15, 0.2) is 24.3 Å². The Bertz CT molecular complexity index is 453. The van der Waals surface area contributed by atoms with Crippen LogP contribution in [0, 0.1) is 5.92 Å². The molecule has 0 aliphatic carbocycles. The lowest BCUT2D eigenvalue weighted by atomic mass is 10.1. The molecule has 0 radical (unpaired) electrons. The molecule has 1 aromatic carbocycles. The monoisotopic (exact) mass is 274 g/mol. The van der Waals surface area contributed by atoms with Gasteiger partial charge in [-0.1, -0.05) is 45.0 Å². The molecule has 1 amide bonds. The Morgan fingerprint density at radius 3 is 2.45 bits per heavy atom. The second-order valence-corrected chi connectivity index (χ2v) is 6.10. The van der Waals surface area contributed by atoms with Gasteiger partial charge in [0, 0.05) is 6.54 Å². The molecule has 2 atom stereocenters. The van der Waals surface area contributed by atoms with Crippen LogP contribution < -0.4 is 5.32 Å². The molecule has 2 unspecified atom stereocenters. The minimum Gasteiger partial charge on any atom is -0.322 e. The average molecular weight is 274 g/mol. The molecule has 0 aromatic heterocycles. The van der Waals surface area contributed by atoms with Gasteiger partial charge in [-0.15, -0.1) is 0 Å². The topological polar surface area (TPSA) is 32.3 Å². The number of rotatable bonds is 5. The first kappa shape index (κ1) is 15.0. The predicted molar refractivity (Wildman–Crippen MR) is 82.3 cm³/mol. The molecule has 2 rings (SSSR count). The third-order valence-corrected chi connectivity index (χ3v) is 4.02. The van der Waals surface area contributed by atoms with Crippen molar-refractivity contribution in [2.24, 2.45) is 5.92 Å². The van der Waals surface area contributed by atoms with E-state index < -0.39 is 0 Å². The maximum Gasteiger partial charge on any atom is 0.241 e. The fourth-order valence-electron chi connectivity index (χ4n) is 2.62. The highest BCUT2D eigenvalue weighted by atomic mass is 16.2. The van der Waals surface area contributed by atoms with Gasteiger partial charge in [-0.25, -0.2) is 0 Å². The fraction of sp³-hybridized carbons (Fsp3) is 0.588. The summed E-state index contributed by atoms with van der Waals surface area (Å²) in [5, 5.41) is 3.41. The van der Waals surface area contributed by atoms with E-state index in [4.69, 9.17) is 0 Å². The molecule has 0 spiro atoms. The van der Waals surface area contributed by atoms with Crippen LogP contribution in [0.5, 0.6) is 0 Å². The van der Waals surface area contributed by atoms with Crippen molar-refractivity contribution in [1.29, 1.82) is 0 Å². The van der Waals surface area contributed by atoms with Gasteiger partial charge in [0.1, 0.15) is 6.17 Å². The number of benzene rings is 1. The van der Waals surface area contributed by atoms with Crippen molar-refractivity contribution in [2.45, 2.75) is 52.7 Å². The van der Waals surface area contributed by atoms with Gasteiger partial charge in [-0.3, -0.25) is 10.1 Å². The highest BCUT2D eigenvalue weighted by Crippen LogP contribution is 2.26. The Balaban J connectivity index is 2.16. The molecule has 20 heavy (non-hydrogen) atoms. The normalized spacial score (nSPS) is 22.9. The molecular weight excluding hydrogens is 248 g/mol. The number of carbonyl (C=O) groups is 1. The number of nitrogens with zero attached hydrogens (tertiary/aromatic N) is 1. The largest absolute Gasteiger partial charge is 0.322 e. The molecule has 3 heteroatoms. The second-order valence-electron chi connectivity index (χ2n) is 6.10. The van der Waals surface area contributed by atoms with Crippen molar-refractivity contribution in [1.82, 2.24) is 10.2 Å². The zero-order valence-corrected chi connectivity index (χ0v) is 13.0. The van der Waals surface area contributed by atoms with Gasteiger partial charge < -0.3 is 4.90 Å². The lowest BCUT2D eigenvalue weighted by Crippen LogP contribution is -2.32. The Labute approximate surface area is 122 Å². The maximum absolute atomic E-state index is 12.3. The molecule has 1 aliphatic rings. The summed E-state index contributed by atoms with van der Waals surface area (Å²) >= 11 is 0. The molecule has 1 saturated heterocycles. The summed E-state index contributed by atoms with van der Waals surface area (Å²) in [7, 11) is 0. The quantitative estimate of drug-likeness (QED) is 0.894. The van der Waals surface area contributed by atoms with Gasteiger partial charge in [0.05, 0.1) is 6.04 Å². The standard InChI is InChI=1S/C17H26N2O/c1-5-14-6-8-15(9-7-14)16-18-13(4)17(20)19(16)11-10-12(2)3/h6-9,12-13,16,18H,5,10-11H2,1-4H3. The third kappa shape index (κ3) is 3.21. The summed E-state index contributed by atoms with van der Waals surface area (Å²) in [5.74, 6) is 0.831. The molecular formula is C17H26N2O. The van der Waals surface area contributed by atoms with Crippen LogP contribution in [0.1, 0.15) is 51.4 Å². The molecule has 0 bridgehead atoms. The van der Waals surface area contributed by atoms with Crippen molar-refractivity contribution < 1.29 is 4.79 Å². The molecule has 110 valence electrons. The summed E-state index contributed by atoms with van der Waals surface area (Å²) in [6.07, 6.45) is 2.12. The van der Waals surface area contributed by atoms with Crippen LogP contribution in [0.4, 0.5) is 0 Å². The van der Waals surface area contributed by atoms with Gasteiger partial charge in [0.15, 0.2) is 0 Å². The Morgan fingerprint density at radius 2 is 1.90 bits per heavy atom. The number of hydrogen-bond donors (Lipinski definition) is 1. The second kappa shape index (κ2) is 6.40. The lowest BCUT2D eigenvalue weighted by molar-refractivity contribution is -0.130. The molecule has 1 fully saturated rings. The van der Waals surface area contributed by atoms with Gasteiger partial charge in [-0.05, 0) is 36.8 Å². The van der Waals surface area contributed by atoms with E-state index in [2.05, 4.69) is 50.4 Å². The van der Waals surface area contributed by atoms with Crippen molar-refractivity contribution in [3.8, 4) is 0 Å². The van der Waals surface area contributed by atoms with Gasteiger partial charge in [-0.2, -0.15) is 0 Å². The zero-order valence-electron chi connectivity index (χ0n) is 13.0. The minimum atomic E-state index is -0.0852. The highest BCUT2D eigenvalue weighted by molar-refractivity contribution is 5.84. The number of nitrogens with one attached hydrogen (secondary N) is 1. The van der Waals surface area contributed by atoms with E-state index in [0.29, 0.717) is 5.92 Å². The van der Waals surface area contributed by atoms with E-state index in [0.717, 1.165) is 19.4 Å². The smallest absolute Gasteiger partial charge is 0.241 e. The first-order valence-corrected chi connectivity index (χ1v) is 7.68. The van der Waals surface area contributed by atoms with Crippen LogP contribution in [0.2, 0.25) is 0 Å². The van der Waals surface area contributed by atoms with E-state index in [-0.39, 0.29) is 18.1 Å². The van der Waals surface area contributed by atoms with Crippen LogP contribution in [-0.4, -0.2) is 23.4 Å². The highest BCUT2D eigenvalue weighted by Gasteiger charge is 2.36. The summed E-state index contributed by atoms with van der Waals surface area (Å²) < 4.78 is 0. The van der Waals surface area contributed by atoms with Gasteiger partial charge in [0.2, 0.25) is 5.91 Å². The van der Waals surface area contributed by atoms with Crippen molar-refractivity contribution in [3.63, 3.8) is 0 Å². The summed E-state index contributed by atoms with van der Waals surface area (Å²) in [6.45, 7) is 9.33. The zero-order chi connectivity index (χ0) is 14.7. The Hall–Kier alpha value is -1.35. The van der Waals surface area contributed by atoms with E-state index in [1.165, 1.54) is 11.1 Å². The van der Waals surface area contributed by atoms with Crippen LogP contribution in [0.25, 0.3) is 0 Å². The molecule has 1 aromatic rings. The van der Waals surface area contributed by atoms with Crippen molar-refractivity contribution >= 4 is 5.91 Å². The van der Waals surface area contributed by atoms with E-state index in [9.17, 15) is 4.79 Å². The maximum atomic E-state index is 12.3. The molecule has 3 nitrogen and oxygen atoms in total. The summed E-state index contributed by atoms with van der Waals surface area (Å²) in [4.78, 5) is 14.3. The minimum absolute atomic E-state index is 0.0298. The SMILES string of the molecule is CCc1ccc(C2NC(C)C(=O)N2CCC(C)C)cc1. The van der Waals surface area contributed by atoms with Crippen molar-refractivity contribution in [2.75, 3.05) is 6.54 Å². The van der Waals surface area contributed by atoms with E-state index in [1.54, 1.807) is 0 Å². The first-order valence-electron chi connectivity index (χ1n) is 7.68. The number of aryl methyl sites for hydroxylation is 1. The third-order valence-electron chi connectivity index (χ3n) is 4.02. The van der Waals surface area contributed by atoms with Gasteiger partial charge in [0.25, 0.3) is 0 Å². The number of carbonyl (C=O) groups excluding carboxylic acids is 1. The van der Waals surface area contributed by atoms with Crippen LogP contribution >= 0.6 is 0 Å². The number of hydrogen-bond acceptors (Lipinski definition) is 2. The molecule has 1 heterocycles. The van der Waals surface area contributed by atoms with Crippen molar-refractivity contribution in [3.05, 3.63) is 35.4 Å². The van der Waals surface area contributed by atoms with E-state index in [1.807, 2.05) is 11.8 Å².